The minimum atomic E-state index is -0.198. The number of fused-ring (bicyclic) bond motifs is 1. The zero-order valence-electron chi connectivity index (χ0n) is 18.0. The molecule has 32 heavy (non-hydrogen) atoms. The van der Waals surface area contributed by atoms with Gasteiger partial charge in [0.2, 0.25) is 0 Å². The van der Waals surface area contributed by atoms with Crippen molar-refractivity contribution in [2.75, 3.05) is 38.2 Å². The van der Waals surface area contributed by atoms with Crippen LogP contribution in [0.2, 0.25) is 0 Å². The van der Waals surface area contributed by atoms with Crippen molar-refractivity contribution in [3.05, 3.63) is 81.5 Å². The second-order valence-electron chi connectivity index (χ2n) is 8.14. The Bertz CT molecular complexity index is 1120. The lowest BCUT2D eigenvalue weighted by atomic mass is 10.1. The molecule has 2 aliphatic heterocycles. The van der Waals surface area contributed by atoms with Crippen LogP contribution in [-0.2, 0) is 13.1 Å². The first-order valence-corrected chi connectivity index (χ1v) is 11.7. The van der Waals surface area contributed by atoms with E-state index in [4.69, 9.17) is 4.74 Å². The fourth-order valence-electron chi connectivity index (χ4n) is 4.42. The highest BCUT2D eigenvalue weighted by atomic mass is 32.1. The van der Waals surface area contributed by atoms with Crippen molar-refractivity contribution in [3.63, 3.8) is 0 Å². The van der Waals surface area contributed by atoms with Gasteiger partial charge in [-0.1, -0.05) is 18.2 Å². The molecule has 6 nitrogen and oxygen atoms in total. The van der Waals surface area contributed by atoms with E-state index in [0.29, 0.717) is 17.7 Å². The highest BCUT2D eigenvalue weighted by Gasteiger charge is 2.38. The Hall–Kier alpha value is -3.16. The van der Waals surface area contributed by atoms with Crippen LogP contribution in [0.4, 0.5) is 5.69 Å². The molecule has 3 aromatic rings. The summed E-state index contributed by atoms with van der Waals surface area (Å²) in [5.41, 5.74) is 4.18. The summed E-state index contributed by atoms with van der Waals surface area (Å²) >= 11 is 1.57. The van der Waals surface area contributed by atoms with Crippen LogP contribution in [0.25, 0.3) is 0 Å². The number of anilines is 1. The molecule has 1 saturated heterocycles. The standard InChI is InChI=1S/C25H25N3O3S/c1-31-20-7-5-18(6-8-20)15-26-10-12-27(13-11-26)22-4-2-3-21-23(22)25(30)28(24(21)29)16-19-9-14-32-17-19/h2-9,14,17H,10-13,15-16H2,1H3. The number of ether oxygens (including phenoxy) is 1. The van der Waals surface area contributed by atoms with Gasteiger partial charge in [-0.15, -0.1) is 0 Å². The number of carbonyl (C=O) groups excluding carboxylic acids is 2. The Kier molecular flexibility index (Phi) is 5.68. The van der Waals surface area contributed by atoms with Gasteiger partial charge in [0.25, 0.3) is 11.8 Å². The number of rotatable bonds is 6. The Morgan fingerprint density at radius 3 is 2.34 bits per heavy atom. The topological polar surface area (TPSA) is 53.1 Å². The maximum absolute atomic E-state index is 13.2. The fourth-order valence-corrected chi connectivity index (χ4v) is 5.08. The SMILES string of the molecule is COc1ccc(CN2CCN(c3cccc4c3C(=O)N(Cc3ccsc3)C4=O)CC2)cc1. The summed E-state index contributed by atoms with van der Waals surface area (Å²) in [4.78, 5) is 32.2. The van der Waals surface area contributed by atoms with Crippen molar-refractivity contribution >= 4 is 28.8 Å². The average Bonchev–Trinajstić information content (AvgIpc) is 3.43. The van der Waals surface area contributed by atoms with Gasteiger partial charge in [-0.25, -0.2) is 0 Å². The summed E-state index contributed by atoms with van der Waals surface area (Å²) in [5, 5.41) is 3.94. The number of amides is 2. The molecule has 2 aromatic carbocycles. The molecule has 0 bridgehead atoms. The molecule has 0 spiro atoms. The summed E-state index contributed by atoms with van der Waals surface area (Å²) in [6, 6.07) is 15.8. The van der Waals surface area contributed by atoms with E-state index in [1.165, 1.54) is 10.5 Å². The third kappa shape index (κ3) is 3.89. The van der Waals surface area contributed by atoms with E-state index in [1.54, 1.807) is 24.5 Å². The van der Waals surface area contributed by atoms with Crippen LogP contribution < -0.4 is 9.64 Å². The van der Waals surface area contributed by atoms with Crippen LogP contribution in [0.5, 0.6) is 5.75 Å². The molecule has 5 rings (SSSR count). The van der Waals surface area contributed by atoms with Crippen LogP contribution in [0.15, 0.2) is 59.3 Å². The molecule has 2 amide bonds. The molecular weight excluding hydrogens is 422 g/mol. The molecule has 164 valence electrons. The molecule has 3 heterocycles. The second-order valence-corrected chi connectivity index (χ2v) is 8.92. The van der Waals surface area contributed by atoms with Gasteiger partial charge in [0, 0.05) is 32.7 Å². The van der Waals surface area contributed by atoms with Crippen LogP contribution in [0.1, 0.15) is 31.8 Å². The second kappa shape index (κ2) is 8.76. The Morgan fingerprint density at radius 2 is 1.66 bits per heavy atom. The summed E-state index contributed by atoms with van der Waals surface area (Å²) < 4.78 is 5.24. The number of carbonyl (C=O) groups is 2. The molecule has 7 heteroatoms. The first-order valence-electron chi connectivity index (χ1n) is 10.7. The van der Waals surface area contributed by atoms with E-state index in [-0.39, 0.29) is 11.8 Å². The lowest BCUT2D eigenvalue weighted by molar-refractivity contribution is 0.0642. The maximum atomic E-state index is 13.2. The molecule has 0 saturated carbocycles. The molecular formula is C25H25N3O3S. The van der Waals surface area contributed by atoms with Gasteiger partial charge in [-0.05, 0) is 52.2 Å². The summed E-state index contributed by atoms with van der Waals surface area (Å²) in [6.45, 7) is 4.64. The van der Waals surface area contributed by atoms with E-state index in [9.17, 15) is 9.59 Å². The van der Waals surface area contributed by atoms with Gasteiger partial charge < -0.3 is 9.64 Å². The quantitative estimate of drug-likeness (QED) is 0.537. The van der Waals surface area contributed by atoms with Gasteiger partial charge >= 0.3 is 0 Å². The van der Waals surface area contributed by atoms with E-state index in [0.717, 1.165) is 49.7 Å². The van der Waals surface area contributed by atoms with Gasteiger partial charge in [0.15, 0.2) is 0 Å². The third-order valence-electron chi connectivity index (χ3n) is 6.18. The van der Waals surface area contributed by atoms with E-state index in [2.05, 4.69) is 21.9 Å². The highest BCUT2D eigenvalue weighted by Crippen LogP contribution is 2.33. The summed E-state index contributed by atoms with van der Waals surface area (Å²) in [5.74, 6) is 0.479. The first kappa shape index (κ1) is 20.7. The number of methoxy groups -OCH3 is 1. The Labute approximate surface area is 191 Å². The number of hydrogen-bond donors (Lipinski definition) is 0. The molecule has 0 unspecified atom stereocenters. The largest absolute Gasteiger partial charge is 0.497 e. The van der Waals surface area contributed by atoms with Gasteiger partial charge in [0.05, 0.1) is 30.5 Å². The third-order valence-corrected chi connectivity index (χ3v) is 6.91. The predicted octanol–water partition coefficient (Wildman–Crippen LogP) is 3.88. The number of benzene rings is 2. The van der Waals surface area contributed by atoms with Crippen LogP contribution >= 0.6 is 11.3 Å². The van der Waals surface area contributed by atoms with Crippen molar-refractivity contribution in [3.8, 4) is 5.75 Å². The van der Waals surface area contributed by atoms with Crippen LogP contribution in [0.3, 0.4) is 0 Å². The predicted molar refractivity (Wildman–Crippen MR) is 125 cm³/mol. The molecule has 0 atom stereocenters. The summed E-state index contributed by atoms with van der Waals surface area (Å²) in [7, 11) is 1.67. The van der Waals surface area contributed by atoms with Crippen molar-refractivity contribution in [1.29, 1.82) is 0 Å². The van der Waals surface area contributed by atoms with Crippen molar-refractivity contribution in [2.45, 2.75) is 13.1 Å². The maximum Gasteiger partial charge on any atom is 0.263 e. The van der Waals surface area contributed by atoms with Crippen molar-refractivity contribution in [2.24, 2.45) is 0 Å². The number of piperazine rings is 1. The first-order chi connectivity index (χ1) is 15.6. The van der Waals surface area contributed by atoms with E-state index < -0.39 is 0 Å². The minimum Gasteiger partial charge on any atom is -0.497 e. The number of imide groups is 1. The summed E-state index contributed by atoms with van der Waals surface area (Å²) in [6.07, 6.45) is 0. The van der Waals surface area contributed by atoms with Crippen LogP contribution in [-0.4, -0.2) is 54.9 Å². The van der Waals surface area contributed by atoms with Gasteiger partial charge in [-0.3, -0.25) is 19.4 Å². The van der Waals surface area contributed by atoms with Gasteiger partial charge in [-0.2, -0.15) is 11.3 Å². The zero-order valence-corrected chi connectivity index (χ0v) is 18.8. The van der Waals surface area contributed by atoms with E-state index in [1.807, 2.05) is 41.1 Å². The normalized spacial score (nSPS) is 16.5. The number of thiophene rings is 1. The van der Waals surface area contributed by atoms with E-state index >= 15 is 0 Å². The Balaban J connectivity index is 1.28. The molecule has 0 N–H and O–H groups in total. The zero-order chi connectivity index (χ0) is 22.1. The minimum absolute atomic E-state index is 0.188. The lowest BCUT2D eigenvalue weighted by Crippen LogP contribution is -2.46. The van der Waals surface area contributed by atoms with Crippen LogP contribution in [0, 0.1) is 0 Å². The molecule has 0 radical (unpaired) electrons. The molecule has 2 aliphatic rings. The highest BCUT2D eigenvalue weighted by molar-refractivity contribution is 7.07. The van der Waals surface area contributed by atoms with Crippen molar-refractivity contribution in [1.82, 2.24) is 9.80 Å². The number of nitrogens with zero attached hydrogens (tertiary/aromatic N) is 3. The molecule has 1 aromatic heterocycles. The molecule has 1 fully saturated rings. The molecule has 0 aliphatic carbocycles. The smallest absolute Gasteiger partial charge is 0.263 e. The van der Waals surface area contributed by atoms with Gasteiger partial charge in [0.1, 0.15) is 5.75 Å². The lowest BCUT2D eigenvalue weighted by Gasteiger charge is -2.36. The Morgan fingerprint density at radius 1 is 0.875 bits per heavy atom. The van der Waals surface area contributed by atoms with Crippen molar-refractivity contribution < 1.29 is 14.3 Å². The average molecular weight is 448 g/mol. The fraction of sp³-hybridized carbons (Fsp3) is 0.280. The number of hydrogen-bond acceptors (Lipinski definition) is 6. The monoisotopic (exact) mass is 447 g/mol.